The van der Waals surface area contributed by atoms with Crippen LogP contribution in [0.25, 0.3) is 22.8 Å². The van der Waals surface area contributed by atoms with Gasteiger partial charge in [-0.2, -0.15) is 0 Å². The fourth-order valence-electron chi connectivity index (χ4n) is 3.44. The lowest BCUT2D eigenvalue weighted by molar-refractivity contribution is -0.110. The Morgan fingerprint density at radius 3 is 2.25 bits per heavy atom. The maximum absolute atomic E-state index is 13.6. The van der Waals surface area contributed by atoms with Crippen molar-refractivity contribution in [3.63, 3.8) is 0 Å². The first kappa shape index (κ1) is 14.6. The Morgan fingerprint density at radius 2 is 1.58 bits per heavy atom. The van der Waals surface area contributed by atoms with Crippen molar-refractivity contribution in [3.8, 4) is 11.1 Å². The fourth-order valence-corrected chi connectivity index (χ4v) is 3.44. The van der Waals surface area contributed by atoms with Crippen molar-refractivity contribution in [2.24, 2.45) is 0 Å². The molecule has 1 heterocycles. The predicted octanol–water partition coefficient (Wildman–Crippen LogP) is 5.04. The number of hydrogen-bond acceptors (Lipinski definition) is 1. The van der Waals surface area contributed by atoms with Gasteiger partial charge < -0.3 is 5.32 Å². The molecule has 1 aromatic rings. The van der Waals surface area contributed by atoms with Crippen molar-refractivity contribution in [1.82, 2.24) is 0 Å². The molecule has 3 heteroatoms. The Balaban J connectivity index is 1.95. The third-order valence-corrected chi connectivity index (χ3v) is 4.71. The molecule has 0 atom stereocenters. The zero-order valence-electron chi connectivity index (χ0n) is 13.5. The molecular formula is C21H16FNO. The van der Waals surface area contributed by atoms with Gasteiger partial charge in [-0.05, 0) is 65.9 Å². The fraction of sp³-hybridized carbons (Fsp3) is 0.0952. The number of hydrogen-bond donors (Lipinski definition) is 1. The van der Waals surface area contributed by atoms with Crippen molar-refractivity contribution in [2.75, 3.05) is 5.32 Å². The van der Waals surface area contributed by atoms with Crippen LogP contribution in [-0.4, -0.2) is 5.91 Å². The number of amides is 1. The predicted molar refractivity (Wildman–Crippen MR) is 95.4 cm³/mol. The number of halogens is 1. The van der Waals surface area contributed by atoms with Crippen LogP contribution in [0.2, 0.25) is 0 Å². The van der Waals surface area contributed by atoms with Crippen LogP contribution in [0, 0.1) is 19.7 Å². The van der Waals surface area contributed by atoms with Gasteiger partial charge >= 0.3 is 0 Å². The van der Waals surface area contributed by atoms with Crippen molar-refractivity contribution in [3.05, 3.63) is 76.6 Å². The van der Waals surface area contributed by atoms with Crippen LogP contribution in [-0.2, 0) is 4.79 Å². The van der Waals surface area contributed by atoms with Gasteiger partial charge in [0, 0.05) is 16.8 Å². The SMILES string of the molecule is Cc1c2cccccc-2c(C)c1C=C1C(=O)Nc2ccc(F)cc21. The maximum atomic E-state index is 13.6. The molecule has 2 aliphatic carbocycles. The Kier molecular flexibility index (Phi) is 3.24. The Morgan fingerprint density at radius 1 is 0.917 bits per heavy atom. The zero-order chi connectivity index (χ0) is 16.8. The molecule has 0 aromatic heterocycles. The Hall–Kier alpha value is -2.94. The second-order valence-electron chi connectivity index (χ2n) is 6.10. The molecule has 0 saturated carbocycles. The average molecular weight is 317 g/mol. The summed E-state index contributed by atoms with van der Waals surface area (Å²) in [5.74, 6) is -0.533. The molecule has 0 bridgehead atoms. The van der Waals surface area contributed by atoms with Crippen molar-refractivity contribution < 1.29 is 9.18 Å². The van der Waals surface area contributed by atoms with E-state index in [9.17, 15) is 9.18 Å². The van der Waals surface area contributed by atoms with Crippen LogP contribution >= 0.6 is 0 Å². The molecule has 0 radical (unpaired) electrons. The van der Waals surface area contributed by atoms with Crippen molar-refractivity contribution in [1.29, 1.82) is 0 Å². The van der Waals surface area contributed by atoms with Crippen LogP contribution in [0.5, 0.6) is 0 Å². The first-order chi connectivity index (χ1) is 11.6. The molecule has 1 aromatic carbocycles. The topological polar surface area (TPSA) is 29.1 Å². The summed E-state index contributed by atoms with van der Waals surface area (Å²) in [4.78, 5) is 12.3. The summed E-state index contributed by atoms with van der Waals surface area (Å²) in [6.07, 6.45) is 1.88. The van der Waals surface area contributed by atoms with Gasteiger partial charge in [0.15, 0.2) is 0 Å². The average Bonchev–Trinajstić information content (AvgIpc) is 2.85. The van der Waals surface area contributed by atoms with E-state index in [1.165, 1.54) is 23.3 Å². The lowest BCUT2D eigenvalue weighted by atomic mass is 10.0. The minimum Gasteiger partial charge on any atom is -0.321 e. The summed E-state index contributed by atoms with van der Waals surface area (Å²) in [7, 11) is 0. The van der Waals surface area contributed by atoms with E-state index in [1.807, 2.05) is 24.3 Å². The molecule has 0 saturated heterocycles. The van der Waals surface area contributed by atoms with E-state index >= 15 is 0 Å². The molecule has 1 amide bonds. The van der Waals surface area contributed by atoms with Crippen LogP contribution in [0.4, 0.5) is 10.1 Å². The minimum atomic E-state index is -0.343. The highest BCUT2D eigenvalue weighted by molar-refractivity contribution is 6.35. The number of carbonyl (C=O) groups is 1. The zero-order valence-corrected chi connectivity index (χ0v) is 13.5. The number of fused-ring (bicyclic) bond motifs is 2. The van der Waals surface area contributed by atoms with Gasteiger partial charge in [-0.25, -0.2) is 4.39 Å². The van der Waals surface area contributed by atoms with Gasteiger partial charge in [0.05, 0.1) is 0 Å². The molecule has 0 spiro atoms. The summed E-state index contributed by atoms with van der Waals surface area (Å²) in [5.41, 5.74) is 7.41. The molecular weight excluding hydrogens is 301 g/mol. The van der Waals surface area contributed by atoms with E-state index in [0.717, 1.165) is 16.7 Å². The molecule has 118 valence electrons. The largest absolute Gasteiger partial charge is 0.321 e. The van der Waals surface area contributed by atoms with Crippen LogP contribution < -0.4 is 5.32 Å². The van der Waals surface area contributed by atoms with Gasteiger partial charge in [-0.1, -0.05) is 30.3 Å². The molecule has 24 heavy (non-hydrogen) atoms. The van der Waals surface area contributed by atoms with Gasteiger partial charge in [0.1, 0.15) is 5.82 Å². The highest BCUT2D eigenvalue weighted by Gasteiger charge is 2.26. The molecule has 0 unspecified atom stereocenters. The van der Waals surface area contributed by atoms with Crippen molar-refractivity contribution >= 4 is 23.2 Å². The lowest BCUT2D eigenvalue weighted by Gasteiger charge is -2.00. The molecule has 2 nitrogen and oxygen atoms in total. The smallest absolute Gasteiger partial charge is 0.256 e. The van der Waals surface area contributed by atoms with E-state index in [4.69, 9.17) is 0 Å². The number of carbonyl (C=O) groups excluding carboxylic acids is 1. The normalized spacial score (nSPS) is 15.0. The monoisotopic (exact) mass is 317 g/mol. The van der Waals surface area contributed by atoms with Gasteiger partial charge in [-0.15, -0.1) is 0 Å². The van der Waals surface area contributed by atoms with Crippen LogP contribution in [0.1, 0.15) is 22.3 Å². The first-order valence-corrected chi connectivity index (χ1v) is 7.87. The van der Waals surface area contributed by atoms with Gasteiger partial charge in [0.2, 0.25) is 0 Å². The lowest BCUT2D eigenvalue weighted by Crippen LogP contribution is -2.03. The minimum absolute atomic E-state index is 0.190. The van der Waals surface area contributed by atoms with Crippen molar-refractivity contribution in [2.45, 2.75) is 13.8 Å². The number of nitrogens with one attached hydrogen (secondary N) is 1. The number of rotatable bonds is 1. The summed E-state index contributed by atoms with van der Waals surface area (Å²) in [6.45, 7) is 4.11. The molecule has 1 N–H and O–H groups in total. The molecule has 3 aliphatic rings. The number of benzene rings is 1. The van der Waals surface area contributed by atoms with Crippen LogP contribution in [0.15, 0.2) is 48.5 Å². The quantitative estimate of drug-likeness (QED) is 0.626. The summed E-state index contributed by atoms with van der Waals surface area (Å²) >= 11 is 0. The van der Waals surface area contributed by atoms with Crippen LogP contribution in [0.3, 0.4) is 0 Å². The van der Waals surface area contributed by atoms with E-state index in [-0.39, 0.29) is 11.7 Å². The second kappa shape index (κ2) is 5.31. The Labute approximate surface area is 140 Å². The molecule has 1 aliphatic heterocycles. The number of anilines is 1. The summed E-state index contributed by atoms with van der Waals surface area (Å²) in [6, 6.07) is 14.6. The first-order valence-electron chi connectivity index (χ1n) is 7.87. The maximum Gasteiger partial charge on any atom is 0.256 e. The molecule has 0 fully saturated rings. The second-order valence-corrected chi connectivity index (χ2v) is 6.10. The third-order valence-electron chi connectivity index (χ3n) is 4.71. The summed E-state index contributed by atoms with van der Waals surface area (Å²) < 4.78 is 13.6. The third kappa shape index (κ3) is 2.13. The standard InChI is InChI=1S/C21H16FNO/c1-12-15-6-4-3-5-7-16(15)13(2)17(12)11-19-18-10-14(22)8-9-20(18)23-21(19)24/h3-11H,1-2H3,(H,23,24). The summed E-state index contributed by atoms with van der Waals surface area (Å²) in [5, 5.41) is 2.80. The van der Waals surface area contributed by atoms with E-state index in [2.05, 4.69) is 31.3 Å². The highest BCUT2D eigenvalue weighted by Crippen LogP contribution is 2.39. The van der Waals surface area contributed by atoms with Gasteiger partial charge in [0.25, 0.3) is 5.91 Å². The Bertz CT molecular complexity index is 950. The van der Waals surface area contributed by atoms with E-state index < -0.39 is 0 Å². The molecule has 4 rings (SSSR count). The van der Waals surface area contributed by atoms with Gasteiger partial charge in [-0.3, -0.25) is 4.79 Å². The van der Waals surface area contributed by atoms with E-state index in [1.54, 1.807) is 6.07 Å². The highest BCUT2D eigenvalue weighted by atomic mass is 19.1. The van der Waals surface area contributed by atoms with E-state index in [0.29, 0.717) is 16.8 Å².